The first-order valence-corrected chi connectivity index (χ1v) is 10.3. The summed E-state index contributed by atoms with van der Waals surface area (Å²) in [4.78, 5) is 18.3. The van der Waals surface area contributed by atoms with E-state index in [-0.39, 0.29) is 11.0 Å². The highest BCUT2D eigenvalue weighted by Gasteiger charge is 2.46. The summed E-state index contributed by atoms with van der Waals surface area (Å²) >= 11 is 1.87. The quantitative estimate of drug-likeness (QED) is 0.702. The Morgan fingerprint density at radius 3 is 2.67 bits per heavy atom. The highest BCUT2D eigenvalue weighted by molar-refractivity contribution is 7.11. The van der Waals surface area contributed by atoms with Crippen molar-refractivity contribution in [1.82, 2.24) is 19.7 Å². The van der Waals surface area contributed by atoms with Crippen molar-refractivity contribution < 1.29 is 0 Å². The Bertz CT molecular complexity index is 1040. The third-order valence-electron chi connectivity index (χ3n) is 5.89. The maximum atomic E-state index is 13.0. The number of aryl methyl sites for hydroxylation is 1. The highest BCUT2D eigenvalue weighted by Crippen LogP contribution is 2.41. The SMILES string of the molecule is Cc1ccc(CN2CCC3(CCn4c3nnc(-c3ccccc3)c4=O)C2)s1. The van der Waals surface area contributed by atoms with Crippen LogP contribution in [0.2, 0.25) is 0 Å². The van der Waals surface area contributed by atoms with Crippen LogP contribution in [-0.2, 0) is 18.5 Å². The topological polar surface area (TPSA) is 51.0 Å². The Balaban J connectivity index is 1.43. The fourth-order valence-corrected chi connectivity index (χ4v) is 5.44. The van der Waals surface area contributed by atoms with Gasteiger partial charge in [-0.05, 0) is 38.4 Å². The molecule has 1 unspecified atom stereocenters. The molecule has 1 saturated heterocycles. The summed E-state index contributed by atoms with van der Waals surface area (Å²) in [6, 6.07) is 14.1. The molecule has 0 bridgehead atoms. The van der Waals surface area contributed by atoms with Crippen molar-refractivity contribution in [2.75, 3.05) is 13.1 Å². The van der Waals surface area contributed by atoms with E-state index in [4.69, 9.17) is 0 Å². The van der Waals surface area contributed by atoms with Crippen molar-refractivity contribution in [1.29, 1.82) is 0 Å². The summed E-state index contributed by atoms with van der Waals surface area (Å²) in [5.74, 6) is 0.886. The monoisotopic (exact) mass is 378 g/mol. The van der Waals surface area contributed by atoms with E-state index in [0.29, 0.717) is 5.69 Å². The van der Waals surface area contributed by atoms with Gasteiger partial charge in [-0.2, -0.15) is 0 Å². The van der Waals surface area contributed by atoms with Gasteiger partial charge in [-0.25, -0.2) is 0 Å². The molecule has 2 aliphatic rings. The molecular formula is C21H22N4OS. The number of rotatable bonds is 3. The Morgan fingerprint density at radius 1 is 1.07 bits per heavy atom. The number of hydrogen-bond acceptors (Lipinski definition) is 5. The average Bonchev–Trinajstić information content (AvgIpc) is 3.38. The Labute approximate surface area is 162 Å². The largest absolute Gasteiger partial charge is 0.297 e. The number of fused-ring (bicyclic) bond motifs is 2. The van der Waals surface area contributed by atoms with Gasteiger partial charge in [0, 0.05) is 40.4 Å². The first kappa shape index (κ1) is 16.8. The number of nitrogens with zero attached hydrogens (tertiary/aromatic N) is 4. The van der Waals surface area contributed by atoms with Crippen molar-refractivity contribution in [3.8, 4) is 11.3 Å². The van der Waals surface area contributed by atoms with Crippen LogP contribution in [0.25, 0.3) is 11.3 Å². The number of likely N-dealkylation sites (tertiary alicyclic amines) is 1. The molecule has 3 aromatic rings. The molecule has 5 rings (SSSR count). The second kappa shape index (κ2) is 6.39. The van der Waals surface area contributed by atoms with Crippen LogP contribution in [-0.4, -0.2) is 32.8 Å². The summed E-state index contributed by atoms with van der Waals surface area (Å²) in [7, 11) is 0. The van der Waals surface area contributed by atoms with Crippen molar-refractivity contribution in [3.05, 3.63) is 68.4 Å². The number of thiophene rings is 1. The molecule has 6 heteroatoms. The smallest absolute Gasteiger partial charge is 0.280 e. The zero-order chi connectivity index (χ0) is 18.4. The van der Waals surface area contributed by atoms with Crippen molar-refractivity contribution in [2.45, 2.75) is 38.3 Å². The fraction of sp³-hybridized carbons (Fsp3) is 0.381. The van der Waals surface area contributed by atoms with Gasteiger partial charge < -0.3 is 0 Å². The fourth-order valence-electron chi connectivity index (χ4n) is 4.50. The van der Waals surface area contributed by atoms with Gasteiger partial charge in [-0.15, -0.1) is 21.5 Å². The zero-order valence-corrected chi connectivity index (χ0v) is 16.2. The standard InChI is InChI=1S/C21H22N4OS/c1-15-7-8-17(27-15)13-24-11-9-21(14-24)10-12-25-19(26)18(22-23-20(21)25)16-5-3-2-4-6-16/h2-8H,9-14H2,1H3. The molecule has 0 radical (unpaired) electrons. The summed E-state index contributed by atoms with van der Waals surface area (Å²) in [5.41, 5.74) is 1.27. The molecule has 2 aromatic heterocycles. The molecule has 4 heterocycles. The second-order valence-corrected chi connectivity index (χ2v) is 9.07. The van der Waals surface area contributed by atoms with Crippen molar-refractivity contribution in [3.63, 3.8) is 0 Å². The minimum Gasteiger partial charge on any atom is -0.297 e. The summed E-state index contributed by atoms with van der Waals surface area (Å²) in [6.07, 6.45) is 2.03. The van der Waals surface area contributed by atoms with Crippen LogP contribution in [0, 0.1) is 6.92 Å². The lowest BCUT2D eigenvalue weighted by Crippen LogP contribution is -2.33. The molecule has 1 spiro atoms. The van der Waals surface area contributed by atoms with Crippen LogP contribution < -0.4 is 5.56 Å². The molecular weight excluding hydrogens is 356 g/mol. The van der Waals surface area contributed by atoms with Gasteiger partial charge in [-0.3, -0.25) is 14.3 Å². The predicted octanol–water partition coefficient (Wildman–Crippen LogP) is 3.22. The first-order chi connectivity index (χ1) is 13.1. The average molecular weight is 379 g/mol. The molecule has 1 aromatic carbocycles. The van der Waals surface area contributed by atoms with Gasteiger partial charge >= 0.3 is 0 Å². The number of hydrogen-bond donors (Lipinski definition) is 0. The van der Waals surface area contributed by atoms with Gasteiger partial charge in [0.15, 0.2) is 5.69 Å². The van der Waals surface area contributed by atoms with E-state index in [1.54, 1.807) is 0 Å². The predicted molar refractivity (Wildman–Crippen MR) is 107 cm³/mol. The van der Waals surface area contributed by atoms with Gasteiger partial charge in [0.1, 0.15) is 5.82 Å². The van der Waals surface area contributed by atoms with Crippen molar-refractivity contribution in [2.24, 2.45) is 0 Å². The lowest BCUT2D eigenvalue weighted by atomic mass is 9.85. The zero-order valence-electron chi connectivity index (χ0n) is 15.4. The number of aromatic nitrogens is 3. The molecule has 2 aliphatic heterocycles. The normalized spacial score (nSPS) is 21.8. The van der Waals surface area contributed by atoms with Crippen LogP contribution in [0.3, 0.4) is 0 Å². The van der Waals surface area contributed by atoms with E-state index in [0.717, 1.165) is 50.4 Å². The summed E-state index contributed by atoms with van der Waals surface area (Å²) in [5, 5.41) is 8.92. The first-order valence-electron chi connectivity index (χ1n) is 9.46. The van der Waals surface area contributed by atoms with E-state index >= 15 is 0 Å². The lowest BCUT2D eigenvalue weighted by molar-refractivity contribution is 0.301. The third kappa shape index (κ3) is 2.84. The molecule has 1 atom stereocenters. The molecule has 0 saturated carbocycles. The Kier molecular flexibility index (Phi) is 3.98. The minimum atomic E-state index is -0.0202. The minimum absolute atomic E-state index is 0.00425. The molecule has 138 valence electrons. The van der Waals surface area contributed by atoms with Crippen molar-refractivity contribution >= 4 is 11.3 Å². The molecule has 27 heavy (non-hydrogen) atoms. The summed E-state index contributed by atoms with van der Waals surface area (Å²) < 4.78 is 1.87. The third-order valence-corrected chi connectivity index (χ3v) is 6.88. The number of benzene rings is 1. The molecule has 1 fully saturated rings. The van der Waals surface area contributed by atoms with Gasteiger partial charge in [0.05, 0.1) is 0 Å². The second-order valence-electron chi connectivity index (χ2n) is 7.70. The maximum Gasteiger partial charge on any atom is 0.280 e. The van der Waals surface area contributed by atoms with Gasteiger partial charge in [0.25, 0.3) is 5.56 Å². The van der Waals surface area contributed by atoms with E-state index in [1.807, 2.05) is 46.2 Å². The molecule has 5 nitrogen and oxygen atoms in total. The maximum absolute atomic E-state index is 13.0. The van der Waals surface area contributed by atoms with Gasteiger partial charge in [0.2, 0.25) is 0 Å². The van der Waals surface area contributed by atoms with Crippen LogP contribution in [0.5, 0.6) is 0 Å². The van der Waals surface area contributed by atoms with Gasteiger partial charge in [-0.1, -0.05) is 30.3 Å². The summed E-state index contributed by atoms with van der Waals surface area (Å²) in [6.45, 7) is 5.89. The van der Waals surface area contributed by atoms with Crippen LogP contribution in [0.15, 0.2) is 47.3 Å². The lowest BCUT2D eigenvalue weighted by Gasteiger charge is -2.22. The van der Waals surface area contributed by atoms with E-state index in [1.165, 1.54) is 9.75 Å². The molecule has 0 amide bonds. The highest BCUT2D eigenvalue weighted by atomic mass is 32.1. The molecule has 0 aliphatic carbocycles. The Hall–Kier alpha value is -2.31. The van der Waals surface area contributed by atoms with Crippen LogP contribution in [0.4, 0.5) is 0 Å². The van der Waals surface area contributed by atoms with E-state index < -0.39 is 0 Å². The van der Waals surface area contributed by atoms with Crippen LogP contribution >= 0.6 is 11.3 Å². The van der Waals surface area contributed by atoms with E-state index in [2.05, 4.69) is 34.2 Å². The molecule has 0 N–H and O–H groups in total. The van der Waals surface area contributed by atoms with E-state index in [9.17, 15) is 4.79 Å². The van der Waals surface area contributed by atoms with Crippen LogP contribution in [0.1, 0.15) is 28.4 Å². The Morgan fingerprint density at radius 2 is 1.89 bits per heavy atom.